The molecule has 20 heavy (non-hydrogen) atoms. The SMILES string of the molecule is CCCCC=CC=CC=CCCCCCC=CC(=O)O. The van der Waals surface area contributed by atoms with Crippen molar-refractivity contribution in [2.24, 2.45) is 0 Å². The summed E-state index contributed by atoms with van der Waals surface area (Å²) in [5.41, 5.74) is 0. The van der Waals surface area contributed by atoms with Gasteiger partial charge in [0.25, 0.3) is 0 Å². The number of unbranched alkanes of at least 4 members (excludes halogenated alkanes) is 6. The summed E-state index contributed by atoms with van der Waals surface area (Å²) in [5.74, 6) is -0.858. The molecule has 0 aliphatic rings. The van der Waals surface area contributed by atoms with Crippen LogP contribution in [0.1, 0.15) is 58.3 Å². The minimum atomic E-state index is -0.858. The Kier molecular flexibility index (Phi) is 14.3. The zero-order valence-electron chi connectivity index (χ0n) is 12.6. The summed E-state index contributed by atoms with van der Waals surface area (Å²) < 4.78 is 0. The molecule has 0 fully saturated rings. The third-order valence-electron chi connectivity index (χ3n) is 2.83. The van der Waals surface area contributed by atoms with E-state index in [1.165, 1.54) is 25.3 Å². The average molecular weight is 276 g/mol. The highest BCUT2D eigenvalue weighted by atomic mass is 16.4. The van der Waals surface area contributed by atoms with E-state index >= 15 is 0 Å². The fourth-order valence-corrected chi connectivity index (χ4v) is 1.69. The maximum atomic E-state index is 10.2. The molecule has 0 unspecified atom stereocenters. The summed E-state index contributed by atoms with van der Waals surface area (Å²) in [6.45, 7) is 2.20. The van der Waals surface area contributed by atoms with Gasteiger partial charge in [0.05, 0.1) is 0 Å². The zero-order chi connectivity index (χ0) is 14.9. The quantitative estimate of drug-likeness (QED) is 0.293. The summed E-state index contributed by atoms with van der Waals surface area (Å²) in [5, 5.41) is 8.41. The summed E-state index contributed by atoms with van der Waals surface area (Å²) in [7, 11) is 0. The predicted octanol–water partition coefficient (Wildman–Crippen LogP) is 5.44. The lowest BCUT2D eigenvalue weighted by molar-refractivity contribution is -0.131. The smallest absolute Gasteiger partial charge is 0.327 e. The van der Waals surface area contributed by atoms with Gasteiger partial charge in [-0.1, -0.05) is 68.7 Å². The Bertz CT molecular complexity index is 335. The number of allylic oxidation sites excluding steroid dienone is 7. The minimum Gasteiger partial charge on any atom is -0.478 e. The van der Waals surface area contributed by atoms with Crippen LogP contribution in [0, 0.1) is 0 Å². The maximum Gasteiger partial charge on any atom is 0.327 e. The highest BCUT2D eigenvalue weighted by Crippen LogP contribution is 2.04. The monoisotopic (exact) mass is 276 g/mol. The Hall–Kier alpha value is -1.57. The maximum absolute atomic E-state index is 10.2. The second-order valence-corrected chi connectivity index (χ2v) is 4.76. The second kappa shape index (κ2) is 15.5. The summed E-state index contributed by atoms with van der Waals surface area (Å²) in [6.07, 6.45) is 24.7. The van der Waals surface area contributed by atoms with Gasteiger partial charge in [0.15, 0.2) is 0 Å². The topological polar surface area (TPSA) is 37.3 Å². The van der Waals surface area contributed by atoms with Gasteiger partial charge in [-0.3, -0.25) is 0 Å². The van der Waals surface area contributed by atoms with Gasteiger partial charge in [0.2, 0.25) is 0 Å². The first-order valence-corrected chi connectivity index (χ1v) is 7.65. The molecule has 0 heterocycles. The van der Waals surface area contributed by atoms with Crippen molar-refractivity contribution >= 4 is 5.97 Å². The van der Waals surface area contributed by atoms with E-state index in [1.54, 1.807) is 6.08 Å². The minimum absolute atomic E-state index is 0.858. The average Bonchev–Trinajstić information content (AvgIpc) is 2.43. The van der Waals surface area contributed by atoms with Gasteiger partial charge in [0.1, 0.15) is 0 Å². The first-order chi connectivity index (χ1) is 9.77. The molecule has 0 aliphatic carbocycles. The van der Waals surface area contributed by atoms with Crippen molar-refractivity contribution in [1.82, 2.24) is 0 Å². The molecule has 0 saturated carbocycles. The highest BCUT2D eigenvalue weighted by Gasteiger charge is 1.87. The van der Waals surface area contributed by atoms with E-state index in [9.17, 15) is 4.79 Å². The van der Waals surface area contributed by atoms with Crippen LogP contribution < -0.4 is 0 Å². The van der Waals surface area contributed by atoms with E-state index in [0.29, 0.717) is 0 Å². The Morgan fingerprint density at radius 3 is 1.90 bits per heavy atom. The van der Waals surface area contributed by atoms with Crippen LogP contribution in [0.4, 0.5) is 0 Å². The van der Waals surface area contributed by atoms with Gasteiger partial charge in [-0.25, -0.2) is 4.79 Å². The normalized spacial score (nSPS) is 12.4. The third kappa shape index (κ3) is 16.4. The van der Waals surface area contributed by atoms with Gasteiger partial charge in [-0.15, -0.1) is 0 Å². The number of carboxylic acids is 1. The van der Waals surface area contributed by atoms with Gasteiger partial charge < -0.3 is 5.11 Å². The summed E-state index contributed by atoms with van der Waals surface area (Å²) in [6, 6.07) is 0. The highest BCUT2D eigenvalue weighted by molar-refractivity contribution is 5.79. The molecule has 0 rings (SSSR count). The number of hydrogen-bond acceptors (Lipinski definition) is 1. The number of aliphatic carboxylic acids is 1. The van der Waals surface area contributed by atoms with Crippen LogP contribution in [0.2, 0.25) is 0 Å². The number of rotatable bonds is 12. The lowest BCUT2D eigenvalue weighted by atomic mass is 10.1. The van der Waals surface area contributed by atoms with Gasteiger partial charge in [0, 0.05) is 6.08 Å². The molecule has 0 spiro atoms. The van der Waals surface area contributed by atoms with E-state index in [2.05, 4.69) is 43.4 Å². The lowest BCUT2D eigenvalue weighted by Gasteiger charge is -1.94. The van der Waals surface area contributed by atoms with E-state index in [0.717, 1.165) is 32.1 Å². The summed E-state index contributed by atoms with van der Waals surface area (Å²) in [4.78, 5) is 10.2. The second-order valence-electron chi connectivity index (χ2n) is 4.76. The van der Waals surface area contributed by atoms with Crippen molar-refractivity contribution in [3.8, 4) is 0 Å². The molecule has 0 radical (unpaired) electrons. The van der Waals surface area contributed by atoms with E-state index in [4.69, 9.17) is 5.11 Å². The third-order valence-corrected chi connectivity index (χ3v) is 2.83. The van der Waals surface area contributed by atoms with Crippen LogP contribution in [-0.4, -0.2) is 11.1 Å². The Morgan fingerprint density at radius 2 is 1.35 bits per heavy atom. The molecule has 0 aromatic rings. The number of hydrogen-bond donors (Lipinski definition) is 1. The molecule has 0 atom stereocenters. The molecule has 0 aromatic carbocycles. The fraction of sp³-hybridized carbons (Fsp3) is 0.500. The molecular weight excluding hydrogens is 248 g/mol. The first-order valence-electron chi connectivity index (χ1n) is 7.65. The number of carboxylic acid groups (broad SMARTS) is 1. The van der Waals surface area contributed by atoms with Crippen LogP contribution >= 0.6 is 0 Å². The van der Waals surface area contributed by atoms with Gasteiger partial charge in [-0.2, -0.15) is 0 Å². The molecule has 112 valence electrons. The van der Waals surface area contributed by atoms with Crippen molar-refractivity contribution in [3.05, 3.63) is 48.6 Å². The van der Waals surface area contributed by atoms with Crippen molar-refractivity contribution in [2.45, 2.75) is 58.3 Å². The molecule has 0 aromatic heterocycles. The molecule has 0 amide bonds. The first kappa shape index (κ1) is 18.4. The Balaban J connectivity index is 3.37. The van der Waals surface area contributed by atoms with Crippen molar-refractivity contribution in [2.75, 3.05) is 0 Å². The predicted molar refractivity (Wildman–Crippen MR) is 86.8 cm³/mol. The van der Waals surface area contributed by atoms with Gasteiger partial charge in [-0.05, 0) is 32.1 Å². The van der Waals surface area contributed by atoms with Crippen molar-refractivity contribution < 1.29 is 9.90 Å². The van der Waals surface area contributed by atoms with E-state index in [1.807, 2.05) is 0 Å². The van der Waals surface area contributed by atoms with Crippen LogP contribution in [0.25, 0.3) is 0 Å². The molecular formula is C18H28O2. The molecule has 1 N–H and O–H groups in total. The van der Waals surface area contributed by atoms with Crippen LogP contribution in [0.5, 0.6) is 0 Å². The fourth-order valence-electron chi connectivity index (χ4n) is 1.69. The molecule has 0 saturated heterocycles. The molecule has 2 heteroatoms. The van der Waals surface area contributed by atoms with E-state index < -0.39 is 5.97 Å². The lowest BCUT2D eigenvalue weighted by Crippen LogP contribution is -1.85. The largest absolute Gasteiger partial charge is 0.478 e. The van der Waals surface area contributed by atoms with E-state index in [-0.39, 0.29) is 0 Å². The Labute approximate surface area is 123 Å². The van der Waals surface area contributed by atoms with Gasteiger partial charge >= 0.3 is 5.97 Å². The van der Waals surface area contributed by atoms with Crippen LogP contribution in [0.3, 0.4) is 0 Å². The number of carbonyl (C=O) groups is 1. The molecule has 0 aliphatic heterocycles. The van der Waals surface area contributed by atoms with Crippen molar-refractivity contribution in [3.63, 3.8) is 0 Å². The Morgan fingerprint density at radius 1 is 0.800 bits per heavy atom. The van der Waals surface area contributed by atoms with Crippen LogP contribution in [-0.2, 0) is 4.79 Å². The zero-order valence-corrected chi connectivity index (χ0v) is 12.6. The van der Waals surface area contributed by atoms with Crippen LogP contribution in [0.15, 0.2) is 48.6 Å². The molecule has 0 bridgehead atoms. The standard InChI is InChI=1S/C18H28O2/c1-2-3-4-5-6-7-8-9-10-11-12-13-14-15-16-17-18(19)20/h5-10,16-17H,2-4,11-15H2,1H3,(H,19,20). The molecule has 2 nitrogen and oxygen atoms in total. The van der Waals surface area contributed by atoms with Crippen molar-refractivity contribution in [1.29, 1.82) is 0 Å². The summed E-state index contributed by atoms with van der Waals surface area (Å²) >= 11 is 0.